The van der Waals surface area contributed by atoms with Crippen LogP contribution < -0.4 is 9.62 Å². The molecular formula is C29H41N3O4S. The van der Waals surface area contributed by atoms with E-state index in [1.54, 1.807) is 29.2 Å². The fourth-order valence-electron chi connectivity index (χ4n) is 4.95. The van der Waals surface area contributed by atoms with Gasteiger partial charge in [0.05, 0.1) is 11.9 Å². The van der Waals surface area contributed by atoms with Crippen LogP contribution in [0.25, 0.3) is 0 Å². The molecule has 1 saturated carbocycles. The molecule has 0 spiro atoms. The van der Waals surface area contributed by atoms with Crippen molar-refractivity contribution >= 4 is 27.5 Å². The van der Waals surface area contributed by atoms with E-state index in [2.05, 4.69) is 5.32 Å². The summed E-state index contributed by atoms with van der Waals surface area (Å²) in [4.78, 5) is 28.6. The van der Waals surface area contributed by atoms with Crippen molar-refractivity contribution in [3.63, 3.8) is 0 Å². The first-order chi connectivity index (χ1) is 17.7. The molecule has 7 nitrogen and oxygen atoms in total. The van der Waals surface area contributed by atoms with Gasteiger partial charge >= 0.3 is 0 Å². The molecule has 202 valence electrons. The van der Waals surface area contributed by atoms with Gasteiger partial charge in [-0.1, -0.05) is 74.2 Å². The van der Waals surface area contributed by atoms with Gasteiger partial charge in [0.2, 0.25) is 21.8 Å². The van der Waals surface area contributed by atoms with Gasteiger partial charge in [-0.15, -0.1) is 0 Å². The molecule has 0 aromatic heterocycles. The number of anilines is 1. The molecule has 0 aliphatic heterocycles. The molecule has 1 fully saturated rings. The van der Waals surface area contributed by atoms with Gasteiger partial charge in [-0.05, 0) is 50.3 Å². The fourth-order valence-corrected chi connectivity index (χ4v) is 5.92. The second-order valence-corrected chi connectivity index (χ2v) is 12.0. The number of hydrogen-bond acceptors (Lipinski definition) is 4. The van der Waals surface area contributed by atoms with Crippen LogP contribution in [0.4, 0.5) is 5.69 Å². The van der Waals surface area contributed by atoms with E-state index in [1.165, 1.54) is 17.0 Å². The lowest BCUT2D eigenvalue weighted by Gasteiger charge is -2.33. The average molecular weight is 528 g/mol. The van der Waals surface area contributed by atoms with E-state index in [0.717, 1.165) is 36.8 Å². The Labute approximate surface area is 222 Å². The average Bonchev–Trinajstić information content (AvgIpc) is 2.88. The number of nitrogens with zero attached hydrogens (tertiary/aromatic N) is 2. The van der Waals surface area contributed by atoms with Crippen LogP contribution in [0.15, 0.2) is 54.6 Å². The molecule has 37 heavy (non-hydrogen) atoms. The minimum Gasteiger partial charge on any atom is -0.352 e. The standard InChI is InChI=1S/C29H41N3O4S/c1-4-27(29(34)30-25-12-7-5-8-13-25)31(22-24-19-17-23(2)18-20-24)28(33)16-11-21-32(37(3,35)36)26-14-9-6-10-15-26/h6,9-10,14-15,17-20,25,27H,4-5,7-8,11-13,16,21-22H2,1-3H3,(H,30,34)/t27-/m0/s1. The number of rotatable bonds is 12. The smallest absolute Gasteiger partial charge is 0.243 e. The fraction of sp³-hybridized carbons (Fsp3) is 0.517. The Hall–Kier alpha value is -2.87. The number of nitrogens with one attached hydrogen (secondary N) is 1. The zero-order chi connectivity index (χ0) is 26.8. The largest absolute Gasteiger partial charge is 0.352 e. The molecule has 2 amide bonds. The third-order valence-corrected chi connectivity index (χ3v) is 8.20. The number of carbonyl (C=O) groups excluding carboxylic acids is 2. The third-order valence-electron chi connectivity index (χ3n) is 7.01. The summed E-state index contributed by atoms with van der Waals surface area (Å²) in [6.45, 7) is 4.48. The van der Waals surface area contributed by atoms with Crippen LogP contribution in [-0.2, 0) is 26.2 Å². The quantitative estimate of drug-likeness (QED) is 0.430. The zero-order valence-electron chi connectivity index (χ0n) is 22.4. The highest BCUT2D eigenvalue weighted by molar-refractivity contribution is 7.92. The van der Waals surface area contributed by atoms with E-state index in [9.17, 15) is 18.0 Å². The number of aryl methyl sites for hydroxylation is 1. The number of hydrogen-bond donors (Lipinski definition) is 1. The molecule has 8 heteroatoms. The maximum Gasteiger partial charge on any atom is 0.243 e. The Kier molecular flexibility index (Phi) is 10.6. The van der Waals surface area contributed by atoms with Crippen molar-refractivity contribution < 1.29 is 18.0 Å². The first-order valence-electron chi connectivity index (χ1n) is 13.4. The summed E-state index contributed by atoms with van der Waals surface area (Å²) in [6.07, 6.45) is 7.59. The van der Waals surface area contributed by atoms with Crippen molar-refractivity contribution in [2.75, 3.05) is 17.1 Å². The van der Waals surface area contributed by atoms with Gasteiger partial charge < -0.3 is 10.2 Å². The molecule has 1 N–H and O–H groups in total. The molecular weight excluding hydrogens is 486 g/mol. The molecule has 0 heterocycles. The predicted molar refractivity (Wildman–Crippen MR) is 149 cm³/mol. The first kappa shape index (κ1) is 28.7. The summed E-state index contributed by atoms with van der Waals surface area (Å²) >= 11 is 0. The van der Waals surface area contributed by atoms with Crippen LogP contribution >= 0.6 is 0 Å². The van der Waals surface area contributed by atoms with Gasteiger partial charge in [0.15, 0.2) is 0 Å². The lowest BCUT2D eigenvalue weighted by Crippen LogP contribution is -2.51. The SMILES string of the molecule is CC[C@@H](C(=O)NC1CCCCC1)N(Cc1ccc(C)cc1)C(=O)CCCN(c1ccccc1)S(C)(=O)=O. The van der Waals surface area contributed by atoms with Crippen LogP contribution in [0.5, 0.6) is 0 Å². The molecule has 2 aromatic rings. The first-order valence-corrected chi connectivity index (χ1v) is 15.2. The highest BCUT2D eigenvalue weighted by atomic mass is 32.2. The van der Waals surface area contributed by atoms with Crippen molar-refractivity contribution in [2.24, 2.45) is 0 Å². The monoisotopic (exact) mass is 527 g/mol. The van der Waals surface area contributed by atoms with Gasteiger partial charge in [0.25, 0.3) is 0 Å². The minimum atomic E-state index is -3.50. The van der Waals surface area contributed by atoms with Gasteiger partial charge in [-0.2, -0.15) is 0 Å². The number of benzene rings is 2. The second-order valence-electron chi connectivity index (χ2n) is 10.0. The summed E-state index contributed by atoms with van der Waals surface area (Å²) in [7, 11) is -3.50. The Morgan fingerprint density at radius 1 is 1.00 bits per heavy atom. The molecule has 0 radical (unpaired) electrons. The summed E-state index contributed by atoms with van der Waals surface area (Å²) < 4.78 is 26.2. The van der Waals surface area contributed by atoms with Crippen molar-refractivity contribution in [1.29, 1.82) is 0 Å². The Morgan fingerprint density at radius 3 is 2.24 bits per heavy atom. The molecule has 0 saturated heterocycles. The Morgan fingerprint density at radius 2 is 1.65 bits per heavy atom. The van der Waals surface area contributed by atoms with E-state index in [0.29, 0.717) is 25.1 Å². The highest BCUT2D eigenvalue weighted by Crippen LogP contribution is 2.21. The van der Waals surface area contributed by atoms with Gasteiger partial charge in [-0.3, -0.25) is 13.9 Å². The van der Waals surface area contributed by atoms with Gasteiger partial charge in [0.1, 0.15) is 6.04 Å². The lowest BCUT2D eigenvalue weighted by molar-refractivity contribution is -0.141. The molecule has 0 unspecified atom stereocenters. The van der Waals surface area contributed by atoms with Gasteiger partial charge in [-0.25, -0.2) is 8.42 Å². The minimum absolute atomic E-state index is 0.100. The normalized spacial score (nSPS) is 15.1. The Balaban J connectivity index is 1.74. The predicted octanol–water partition coefficient (Wildman–Crippen LogP) is 4.80. The Bertz CT molecular complexity index is 1110. The summed E-state index contributed by atoms with van der Waals surface area (Å²) in [5.41, 5.74) is 2.67. The maximum absolute atomic E-state index is 13.6. The van der Waals surface area contributed by atoms with Crippen molar-refractivity contribution in [2.45, 2.75) is 83.8 Å². The molecule has 1 aliphatic carbocycles. The topological polar surface area (TPSA) is 86.8 Å². The third kappa shape index (κ3) is 8.59. The van der Waals surface area contributed by atoms with Crippen LogP contribution in [0.3, 0.4) is 0 Å². The van der Waals surface area contributed by atoms with Crippen LogP contribution in [0.1, 0.15) is 69.4 Å². The molecule has 2 aromatic carbocycles. The zero-order valence-corrected chi connectivity index (χ0v) is 23.2. The van der Waals surface area contributed by atoms with Crippen molar-refractivity contribution in [3.8, 4) is 0 Å². The maximum atomic E-state index is 13.6. The van der Waals surface area contributed by atoms with E-state index in [-0.39, 0.29) is 30.8 Å². The summed E-state index contributed by atoms with van der Waals surface area (Å²) in [6, 6.07) is 16.5. The van der Waals surface area contributed by atoms with Crippen LogP contribution in [-0.4, -0.2) is 50.0 Å². The number of amides is 2. The summed E-state index contributed by atoms with van der Waals surface area (Å²) in [5, 5.41) is 3.20. The summed E-state index contributed by atoms with van der Waals surface area (Å²) in [5.74, 6) is -0.246. The van der Waals surface area contributed by atoms with E-state index < -0.39 is 16.1 Å². The lowest BCUT2D eigenvalue weighted by atomic mass is 9.95. The number of para-hydroxylation sites is 1. The number of sulfonamides is 1. The van der Waals surface area contributed by atoms with Crippen LogP contribution in [0, 0.1) is 6.92 Å². The van der Waals surface area contributed by atoms with E-state index in [1.807, 2.05) is 44.2 Å². The van der Waals surface area contributed by atoms with Gasteiger partial charge in [0, 0.05) is 25.6 Å². The number of carbonyl (C=O) groups is 2. The molecule has 0 bridgehead atoms. The van der Waals surface area contributed by atoms with E-state index in [4.69, 9.17) is 0 Å². The molecule has 1 atom stereocenters. The highest BCUT2D eigenvalue weighted by Gasteiger charge is 2.30. The van der Waals surface area contributed by atoms with Crippen LogP contribution in [0.2, 0.25) is 0 Å². The van der Waals surface area contributed by atoms with E-state index >= 15 is 0 Å². The van der Waals surface area contributed by atoms with Crippen molar-refractivity contribution in [3.05, 3.63) is 65.7 Å². The van der Waals surface area contributed by atoms with Crippen molar-refractivity contribution in [1.82, 2.24) is 10.2 Å². The molecule has 3 rings (SSSR count). The molecule has 1 aliphatic rings. The second kappa shape index (κ2) is 13.6.